The second-order valence-electron chi connectivity index (χ2n) is 3.41. The Hall–Kier alpha value is -1.58. The topological polar surface area (TPSA) is 59.4 Å². The summed E-state index contributed by atoms with van der Waals surface area (Å²) in [6.07, 6.45) is 3.82. The number of pyridine rings is 1. The molecule has 0 atom stereocenters. The van der Waals surface area contributed by atoms with Crippen molar-refractivity contribution in [3.8, 4) is 5.75 Å². The molecule has 0 radical (unpaired) electrons. The highest BCUT2D eigenvalue weighted by molar-refractivity contribution is 5.88. The lowest BCUT2D eigenvalue weighted by Gasteiger charge is -2.06. The number of rotatable bonds is 4. The van der Waals surface area contributed by atoms with Crippen LogP contribution < -0.4 is 4.74 Å². The Bertz CT molecular complexity index is 347. The SMILES string of the molecule is O=C(O)c1ncccc1OCC1CC1. The molecule has 1 fully saturated rings. The molecular formula is C10H11NO3. The molecule has 1 aliphatic carbocycles. The number of carboxylic acid groups (broad SMARTS) is 1. The number of hydrogen-bond donors (Lipinski definition) is 1. The largest absolute Gasteiger partial charge is 0.491 e. The van der Waals surface area contributed by atoms with E-state index in [0.717, 1.165) is 0 Å². The van der Waals surface area contributed by atoms with E-state index in [9.17, 15) is 4.79 Å². The Morgan fingerprint density at radius 2 is 2.43 bits per heavy atom. The molecule has 2 rings (SSSR count). The minimum absolute atomic E-state index is 0.00634. The van der Waals surface area contributed by atoms with Crippen LogP contribution in [0.2, 0.25) is 0 Å². The third kappa shape index (κ3) is 2.02. The maximum Gasteiger partial charge on any atom is 0.358 e. The zero-order valence-electron chi connectivity index (χ0n) is 7.64. The summed E-state index contributed by atoms with van der Waals surface area (Å²) in [4.78, 5) is 14.5. The van der Waals surface area contributed by atoms with Gasteiger partial charge in [0.1, 0.15) is 0 Å². The zero-order valence-corrected chi connectivity index (χ0v) is 7.64. The molecule has 4 heteroatoms. The molecule has 4 nitrogen and oxygen atoms in total. The molecule has 1 aliphatic rings. The van der Waals surface area contributed by atoms with Gasteiger partial charge in [-0.2, -0.15) is 0 Å². The number of aromatic carboxylic acids is 1. The molecule has 1 saturated carbocycles. The average Bonchev–Trinajstić information content (AvgIpc) is 2.98. The molecule has 14 heavy (non-hydrogen) atoms. The van der Waals surface area contributed by atoms with Crippen molar-refractivity contribution in [2.24, 2.45) is 5.92 Å². The summed E-state index contributed by atoms with van der Waals surface area (Å²) in [6, 6.07) is 3.31. The predicted octanol–water partition coefficient (Wildman–Crippen LogP) is 1.57. The van der Waals surface area contributed by atoms with Crippen LogP contribution in [-0.4, -0.2) is 22.7 Å². The number of carboxylic acids is 1. The van der Waals surface area contributed by atoms with E-state index in [4.69, 9.17) is 9.84 Å². The van der Waals surface area contributed by atoms with E-state index in [2.05, 4.69) is 4.98 Å². The second kappa shape index (κ2) is 3.65. The van der Waals surface area contributed by atoms with Crippen molar-refractivity contribution in [3.63, 3.8) is 0 Å². The van der Waals surface area contributed by atoms with Gasteiger partial charge in [0.25, 0.3) is 0 Å². The highest BCUT2D eigenvalue weighted by atomic mass is 16.5. The van der Waals surface area contributed by atoms with Crippen LogP contribution in [0.1, 0.15) is 23.3 Å². The van der Waals surface area contributed by atoms with Gasteiger partial charge in [0.15, 0.2) is 11.4 Å². The minimum atomic E-state index is -1.05. The van der Waals surface area contributed by atoms with Crippen LogP contribution in [-0.2, 0) is 0 Å². The summed E-state index contributed by atoms with van der Waals surface area (Å²) in [5, 5.41) is 8.80. The molecule has 74 valence electrons. The molecule has 0 bridgehead atoms. The van der Waals surface area contributed by atoms with Crippen molar-refractivity contribution in [2.45, 2.75) is 12.8 Å². The van der Waals surface area contributed by atoms with E-state index in [-0.39, 0.29) is 5.69 Å². The second-order valence-corrected chi connectivity index (χ2v) is 3.41. The summed E-state index contributed by atoms with van der Waals surface area (Å²) in [7, 11) is 0. The quantitative estimate of drug-likeness (QED) is 0.788. The van der Waals surface area contributed by atoms with Gasteiger partial charge in [-0.3, -0.25) is 0 Å². The number of carbonyl (C=O) groups is 1. The van der Waals surface area contributed by atoms with E-state index in [0.29, 0.717) is 18.3 Å². The van der Waals surface area contributed by atoms with Crippen LogP contribution in [0.25, 0.3) is 0 Å². The molecular weight excluding hydrogens is 182 g/mol. The van der Waals surface area contributed by atoms with Crippen molar-refractivity contribution in [1.82, 2.24) is 4.98 Å². The van der Waals surface area contributed by atoms with Crippen molar-refractivity contribution >= 4 is 5.97 Å². The molecule has 0 saturated heterocycles. The molecule has 0 spiro atoms. The van der Waals surface area contributed by atoms with Crippen LogP contribution in [0.3, 0.4) is 0 Å². The maximum absolute atomic E-state index is 10.7. The standard InChI is InChI=1S/C10H11NO3/c12-10(13)9-8(2-1-5-11-9)14-6-7-3-4-7/h1-2,5,7H,3-4,6H2,(H,12,13). The number of aromatic nitrogens is 1. The molecule has 1 N–H and O–H groups in total. The van der Waals surface area contributed by atoms with E-state index in [1.807, 2.05) is 0 Å². The van der Waals surface area contributed by atoms with Crippen molar-refractivity contribution < 1.29 is 14.6 Å². The van der Waals surface area contributed by atoms with Gasteiger partial charge in [-0.1, -0.05) is 0 Å². The van der Waals surface area contributed by atoms with Gasteiger partial charge in [0, 0.05) is 6.20 Å². The van der Waals surface area contributed by atoms with E-state index >= 15 is 0 Å². The maximum atomic E-state index is 10.7. The first-order valence-corrected chi connectivity index (χ1v) is 4.58. The average molecular weight is 193 g/mol. The fraction of sp³-hybridized carbons (Fsp3) is 0.400. The Morgan fingerprint density at radius 3 is 3.07 bits per heavy atom. The Morgan fingerprint density at radius 1 is 1.64 bits per heavy atom. The fourth-order valence-electron chi connectivity index (χ4n) is 1.16. The Labute approximate surface area is 81.5 Å². The normalized spacial score (nSPS) is 15.1. The van der Waals surface area contributed by atoms with Gasteiger partial charge in [-0.05, 0) is 30.9 Å². The third-order valence-electron chi connectivity index (χ3n) is 2.14. The van der Waals surface area contributed by atoms with E-state index in [1.165, 1.54) is 19.0 Å². The minimum Gasteiger partial charge on any atom is -0.491 e. The first-order chi connectivity index (χ1) is 6.77. The lowest BCUT2D eigenvalue weighted by atomic mass is 10.3. The lowest BCUT2D eigenvalue weighted by Crippen LogP contribution is -2.07. The Kier molecular flexibility index (Phi) is 2.35. The molecule has 1 aromatic rings. The molecule has 0 aliphatic heterocycles. The fourth-order valence-corrected chi connectivity index (χ4v) is 1.16. The molecule has 1 aromatic heterocycles. The summed E-state index contributed by atoms with van der Waals surface area (Å²) in [6.45, 7) is 0.603. The van der Waals surface area contributed by atoms with Gasteiger partial charge in [-0.15, -0.1) is 0 Å². The summed E-state index contributed by atoms with van der Waals surface area (Å²) in [5.74, 6) is -0.0693. The van der Waals surface area contributed by atoms with Crippen molar-refractivity contribution in [3.05, 3.63) is 24.0 Å². The number of nitrogens with zero attached hydrogens (tertiary/aromatic N) is 1. The highest BCUT2D eigenvalue weighted by Gasteiger charge is 2.23. The molecule has 0 unspecified atom stereocenters. The zero-order chi connectivity index (χ0) is 9.97. The number of ether oxygens (including phenoxy) is 1. The number of hydrogen-bond acceptors (Lipinski definition) is 3. The smallest absolute Gasteiger partial charge is 0.358 e. The van der Waals surface area contributed by atoms with Crippen LogP contribution in [0.5, 0.6) is 5.75 Å². The van der Waals surface area contributed by atoms with Gasteiger partial charge in [0.05, 0.1) is 6.61 Å². The van der Waals surface area contributed by atoms with Crippen LogP contribution in [0.4, 0.5) is 0 Å². The highest BCUT2D eigenvalue weighted by Crippen LogP contribution is 2.29. The van der Waals surface area contributed by atoms with E-state index < -0.39 is 5.97 Å². The first kappa shape index (κ1) is 8.99. The monoisotopic (exact) mass is 193 g/mol. The lowest BCUT2D eigenvalue weighted by molar-refractivity contribution is 0.0685. The van der Waals surface area contributed by atoms with Crippen molar-refractivity contribution in [1.29, 1.82) is 0 Å². The van der Waals surface area contributed by atoms with Crippen molar-refractivity contribution in [2.75, 3.05) is 6.61 Å². The predicted molar refractivity (Wildman–Crippen MR) is 49.4 cm³/mol. The molecule has 1 heterocycles. The van der Waals surface area contributed by atoms with Crippen LogP contribution in [0.15, 0.2) is 18.3 Å². The first-order valence-electron chi connectivity index (χ1n) is 4.58. The van der Waals surface area contributed by atoms with Gasteiger partial charge in [0.2, 0.25) is 0 Å². The Balaban J connectivity index is 2.09. The van der Waals surface area contributed by atoms with Gasteiger partial charge in [-0.25, -0.2) is 9.78 Å². The van der Waals surface area contributed by atoms with E-state index in [1.54, 1.807) is 12.1 Å². The summed E-state index contributed by atoms with van der Waals surface area (Å²) < 4.78 is 5.38. The third-order valence-corrected chi connectivity index (χ3v) is 2.14. The summed E-state index contributed by atoms with van der Waals surface area (Å²) in [5.41, 5.74) is -0.00634. The molecule has 0 amide bonds. The summed E-state index contributed by atoms with van der Waals surface area (Å²) >= 11 is 0. The van der Waals surface area contributed by atoms with Crippen LogP contribution >= 0.6 is 0 Å². The molecule has 0 aromatic carbocycles. The van der Waals surface area contributed by atoms with Gasteiger partial charge >= 0.3 is 5.97 Å². The van der Waals surface area contributed by atoms with Gasteiger partial charge < -0.3 is 9.84 Å². The van der Waals surface area contributed by atoms with Crippen LogP contribution in [0, 0.1) is 5.92 Å².